The van der Waals surface area contributed by atoms with E-state index in [9.17, 15) is 0 Å². The van der Waals surface area contributed by atoms with Crippen LogP contribution in [0.2, 0.25) is 0 Å². The highest BCUT2D eigenvalue weighted by atomic mass is 15.2. The fourth-order valence-electron chi connectivity index (χ4n) is 1.55. The van der Waals surface area contributed by atoms with Gasteiger partial charge in [-0.2, -0.15) is 5.10 Å². The average Bonchev–Trinajstić information content (AvgIpc) is 2.76. The van der Waals surface area contributed by atoms with Crippen LogP contribution in [-0.2, 0) is 13.1 Å². The van der Waals surface area contributed by atoms with Gasteiger partial charge in [-0.15, -0.1) is 0 Å². The summed E-state index contributed by atoms with van der Waals surface area (Å²) in [5, 5.41) is 9.93. The number of aromatic amines is 1. The summed E-state index contributed by atoms with van der Waals surface area (Å²) in [6.45, 7) is 5.82. The van der Waals surface area contributed by atoms with Gasteiger partial charge in [-0.3, -0.25) is 5.10 Å². The maximum Gasteiger partial charge on any atom is 0.138 e. The van der Waals surface area contributed by atoms with Gasteiger partial charge in [-0.1, -0.05) is 18.2 Å². The lowest BCUT2D eigenvalue weighted by molar-refractivity contribution is 0.664. The predicted molar refractivity (Wildman–Crippen MR) is 62.8 cm³/mol. The third-order valence-corrected chi connectivity index (χ3v) is 2.66. The lowest BCUT2D eigenvalue weighted by atomic mass is 10.1. The van der Waals surface area contributed by atoms with E-state index in [1.807, 2.05) is 0 Å². The summed E-state index contributed by atoms with van der Waals surface area (Å²) < 4.78 is 0. The van der Waals surface area contributed by atoms with Crippen molar-refractivity contribution < 1.29 is 0 Å². The molecule has 16 heavy (non-hydrogen) atoms. The van der Waals surface area contributed by atoms with E-state index in [0.29, 0.717) is 6.54 Å². The fraction of sp³-hybridized carbons (Fsp3) is 0.333. The number of aromatic nitrogens is 3. The highest BCUT2D eigenvalue weighted by Gasteiger charge is 1.98. The molecule has 0 atom stereocenters. The summed E-state index contributed by atoms with van der Waals surface area (Å²) in [5.41, 5.74) is 3.96. The summed E-state index contributed by atoms with van der Waals surface area (Å²) in [5.74, 6) is 0.865. The second kappa shape index (κ2) is 4.90. The quantitative estimate of drug-likeness (QED) is 0.818. The van der Waals surface area contributed by atoms with Gasteiger partial charge < -0.3 is 5.32 Å². The zero-order chi connectivity index (χ0) is 11.4. The average molecular weight is 216 g/mol. The number of hydrogen-bond donors (Lipinski definition) is 2. The summed E-state index contributed by atoms with van der Waals surface area (Å²) in [7, 11) is 0. The Balaban J connectivity index is 1.87. The van der Waals surface area contributed by atoms with Crippen LogP contribution in [0.3, 0.4) is 0 Å². The van der Waals surface area contributed by atoms with E-state index in [-0.39, 0.29) is 0 Å². The van der Waals surface area contributed by atoms with E-state index in [4.69, 9.17) is 0 Å². The van der Waals surface area contributed by atoms with Crippen LogP contribution in [0.1, 0.15) is 22.5 Å². The lowest BCUT2D eigenvalue weighted by Gasteiger charge is -2.06. The van der Waals surface area contributed by atoms with Crippen molar-refractivity contribution in [2.75, 3.05) is 0 Å². The normalized spacial score (nSPS) is 10.6. The minimum Gasteiger partial charge on any atom is -0.306 e. The smallest absolute Gasteiger partial charge is 0.138 e. The topological polar surface area (TPSA) is 53.6 Å². The molecule has 2 aromatic rings. The molecule has 0 radical (unpaired) electrons. The standard InChI is InChI=1S/C12H16N4/c1-9-3-4-11(5-10(9)2)6-13-7-12-14-8-15-16-12/h3-5,8,13H,6-7H2,1-2H3,(H,14,15,16). The van der Waals surface area contributed by atoms with Crippen molar-refractivity contribution in [2.45, 2.75) is 26.9 Å². The molecule has 1 aromatic heterocycles. The van der Waals surface area contributed by atoms with E-state index in [1.54, 1.807) is 0 Å². The Morgan fingerprint density at radius 2 is 2.06 bits per heavy atom. The van der Waals surface area contributed by atoms with E-state index >= 15 is 0 Å². The SMILES string of the molecule is Cc1ccc(CNCc2ncn[nH]2)cc1C. The second-order valence-electron chi connectivity index (χ2n) is 3.95. The minimum absolute atomic E-state index is 0.715. The Bertz CT molecular complexity index is 448. The molecule has 4 heteroatoms. The number of rotatable bonds is 4. The Labute approximate surface area is 95.1 Å². The van der Waals surface area contributed by atoms with Gasteiger partial charge >= 0.3 is 0 Å². The summed E-state index contributed by atoms with van der Waals surface area (Å²) in [4.78, 5) is 4.05. The molecular weight excluding hydrogens is 200 g/mol. The third kappa shape index (κ3) is 2.67. The molecule has 4 nitrogen and oxygen atoms in total. The molecule has 2 N–H and O–H groups in total. The molecule has 2 rings (SSSR count). The molecule has 0 aliphatic carbocycles. The molecule has 0 saturated heterocycles. The molecule has 0 bridgehead atoms. The van der Waals surface area contributed by atoms with Crippen LogP contribution in [0.15, 0.2) is 24.5 Å². The highest BCUT2D eigenvalue weighted by Crippen LogP contribution is 2.09. The molecule has 1 heterocycles. The van der Waals surface area contributed by atoms with Crippen molar-refractivity contribution in [2.24, 2.45) is 0 Å². The zero-order valence-electron chi connectivity index (χ0n) is 9.62. The Morgan fingerprint density at radius 3 is 2.75 bits per heavy atom. The van der Waals surface area contributed by atoms with E-state index in [1.165, 1.54) is 23.0 Å². The number of aryl methyl sites for hydroxylation is 2. The van der Waals surface area contributed by atoms with Crippen LogP contribution in [0.5, 0.6) is 0 Å². The number of hydrogen-bond acceptors (Lipinski definition) is 3. The fourth-order valence-corrected chi connectivity index (χ4v) is 1.55. The van der Waals surface area contributed by atoms with Crippen LogP contribution in [0.25, 0.3) is 0 Å². The first-order valence-corrected chi connectivity index (χ1v) is 5.37. The molecule has 0 fully saturated rings. The van der Waals surface area contributed by atoms with Gasteiger partial charge in [0, 0.05) is 6.54 Å². The van der Waals surface area contributed by atoms with Crippen LogP contribution in [-0.4, -0.2) is 15.2 Å². The summed E-state index contributed by atoms with van der Waals surface area (Å²) in [6.07, 6.45) is 1.52. The molecule has 0 aliphatic rings. The van der Waals surface area contributed by atoms with Crippen molar-refractivity contribution in [1.29, 1.82) is 0 Å². The number of benzene rings is 1. The van der Waals surface area contributed by atoms with Crippen molar-refractivity contribution in [1.82, 2.24) is 20.5 Å². The van der Waals surface area contributed by atoms with Crippen LogP contribution < -0.4 is 5.32 Å². The van der Waals surface area contributed by atoms with Gasteiger partial charge in [0.1, 0.15) is 12.2 Å². The zero-order valence-corrected chi connectivity index (χ0v) is 9.62. The van der Waals surface area contributed by atoms with Crippen LogP contribution in [0.4, 0.5) is 0 Å². The molecule has 0 aliphatic heterocycles. The predicted octanol–water partition coefficient (Wildman–Crippen LogP) is 1.71. The van der Waals surface area contributed by atoms with Gasteiger partial charge in [0.15, 0.2) is 0 Å². The largest absolute Gasteiger partial charge is 0.306 e. The molecule has 1 aromatic carbocycles. The molecule has 0 spiro atoms. The molecule has 0 saturated carbocycles. The highest BCUT2D eigenvalue weighted by molar-refractivity contribution is 5.29. The Kier molecular flexibility index (Phi) is 3.31. The Hall–Kier alpha value is -1.68. The van der Waals surface area contributed by atoms with Gasteiger partial charge in [0.25, 0.3) is 0 Å². The first-order valence-electron chi connectivity index (χ1n) is 5.37. The summed E-state index contributed by atoms with van der Waals surface area (Å²) >= 11 is 0. The van der Waals surface area contributed by atoms with E-state index in [2.05, 4.69) is 52.5 Å². The first-order chi connectivity index (χ1) is 7.75. The third-order valence-electron chi connectivity index (χ3n) is 2.66. The van der Waals surface area contributed by atoms with Crippen LogP contribution >= 0.6 is 0 Å². The monoisotopic (exact) mass is 216 g/mol. The van der Waals surface area contributed by atoms with Gasteiger partial charge in [-0.25, -0.2) is 4.98 Å². The molecular formula is C12H16N4. The maximum atomic E-state index is 4.05. The summed E-state index contributed by atoms with van der Waals surface area (Å²) in [6, 6.07) is 6.51. The van der Waals surface area contributed by atoms with Crippen molar-refractivity contribution in [3.05, 3.63) is 47.0 Å². The van der Waals surface area contributed by atoms with Crippen molar-refractivity contribution in [3.63, 3.8) is 0 Å². The number of nitrogens with one attached hydrogen (secondary N) is 2. The first kappa shape index (κ1) is 10.8. The van der Waals surface area contributed by atoms with Gasteiger partial charge in [-0.05, 0) is 30.5 Å². The number of nitrogens with zero attached hydrogens (tertiary/aromatic N) is 2. The van der Waals surface area contributed by atoms with E-state index in [0.717, 1.165) is 12.4 Å². The Morgan fingerprint density at radius 1 is 1.19 bits per heavy atom. The number of H-pyrrole nitrogens is 1. The lowest BCUT2D eigenvalue weighted by Crippen LogP contribution is -2.13. The van der Waals surface area contributed by atoms with Crippen LogP contribution in [0, 0.1) is 13.8 Å². The van der Waals surface area contributed by atoms with Crippen molar-refractivity contribution in [3.8, 4) is 0 Å². The molecule has 0 unspecified atom stereocenters. The van der Waals surface area contributed by atoms with E-state index < -0.39 is 0 Å². The van der Waals surface area contributed by atoms with Crippen molar-refractivity contribution >= 4 is 0 Å². The minimum atomic E-state index is 0.715. The maximum absolute atomic E-state index is 4.05. The van der Waals surface area contributed by atoms with Gasteiger partial charge in [0.05, 0.1) is 6.54 Å². The molecule has 0 amide bonds. The second-order valence-corrected chi connectivity index (χ2v) is 3.95. The molecule has 84 valence electrons. The van der Waals surface area contributed by atoms with Gasteiger partial charge in [0.2, 0.25) is 0 Å².